The highest BCUT2D eigenvalue weighted by Crippen LogP contribution is 2.33. The molecule has 0 radical (unpaired) electrons. The molecular weight excluding hydrogens is 317 g/mol. The zero-order valence-corrected chi connectivity index (χ0v) is 13.6. The molecule has 0 aliphatic heterocycles. The van der Waals surface area contributed by atoms with Crippen LogP contribution >= 0.6 is 0 Å². The second kappa shape index (κ2) is 8.10. The molecule has 132 valence electrons. The first-order chi connectivity index (χ1) is 11.5. The molecule has 1 unspecified atom stereocenters. The highest BCUT2D eigenvalue weighted by atomic mass is 19.1. The van der Waals surface area contributed by atoms with Gasteiger partial charge < -0.3 is 19.9 Å². The van der Waals surface area contributed by atoms with Crippen molar-refractivity contribution < 1.29 is 28.6 Å². The van der Waals surface area contributed by atoms with Gasteiger partial charge in [-0.05, 0) is 56.9 Å². The van der Waals surface area contributed by atoms with Crippen molar-refractivity contribution in [3.05, 3.63) is 30.1 Å². The number of hydrogen-bond acceptors (Lipinski definition) is 4. The van der Waals surface area contributed by atoms with Gasteiger partial charge in [0.15, 0.2) is 0 Å². The molecule has 2 rings (SSSR count). The van der Waals surface area contributed by atoms with E-state index in [2.05, 4.69) is 5.32 Å². The molecule has 0 spiro atoms. The minimum absolute atomic E-state index is 0.194. The van der Waals surface area contributed by atoms with E-state index in [1.807, 2.05) is 6.92 Å². The smallest absolute Gasteiger partial charge is 0.346 e. The second-order valence-corrected chi connectivity index (χ2v) is 5.74. The van der Waals surface area contributed by atoms with Crippen LogP contribution in [0.5, 0.6) is 5.75 Å². The fourth-order valence-electron chi connectivity index (χ4n) is 2.86. The highest BCUT2D eigenvalue weighted by molar-refractivity contribution is 5.86. The van der Waals surface area contributed by atoms with Crippen molar-refractivity contribution in [1.82, 2.24) is 5.32 Å². The number of carbonyl (C=O) groups excluding carboxylic acids is 1. The number of carboxylic acids is 1. The van der Waals surface area contributed by atoms with E-state index < -0.39 is 23.5 Å². The SMILES string of the molecule is CCOC1(C(=O)NCC(Oc2ccc(F)cc2)C(=O)O)CCCC1. The first kappa shape index (κ1) is 18.2. The highest BCUT2D eigenvalue weighted by Gasteiger charge is 2.42. The maximum atomic E-state index is 12.9. The van der Waals surface area contributed by atoms with Crippen molar-refractivity contribution >= 4 is 11.9 Å². The number of carbonyl (C=O) groups is 2. The maximum Gasteiger partial charge on any atom is 0.346 e. The fourth-order valence-corrected chi connectivity index (χ4v) is 2.86. The predicted octanol–water partition coefficient (Wildman–Crippen LogP) is 2.12. The molecule has 0 bridgehead atoms. The van der Waals surface area contributed by atoms with Gasteiger partial charge in [-0.15, -0.1) is 0 Å². The number of hydrogen-bond donors (Lipinski definition) is 2. The van der Waals surface area contributed by atoms with Crippen LogP contribution in [0.15, 0.2) is 24.3 Å². The van der Waals surface area contributed by atoms with Crippen LogP contribution in [-0.4, -0.2) is 41.8 Å². The quantitative estimate of drug-likeness (QED) is 0.758. The van der Waals surface area contributed by atoms with Crippen LogP contribution in [0.25, 0.3) is 0 Å². The summed E-state index contributed by atoms with van der Waals surface area (Å²) in [6.45, 7) is 2.05. The van der Waals surface area contributed by atoms with Crippen LogP contribution in [-0.2, 0) is 14.3 Å². The zero-order valence-electron chi connectivity index (χ0n) is 13.6. The number of amides is 1. The van der Waals surface area contributed by atoms with E-state index in [0.29, 0.717) is 19.4 Å². The molecule has 0 saturated heterocycles. The summed E-state index contributed by atoms with van der Waals surface area (Å²) in [6, 6.07) is 5.03. The van der Waals surface area contributed by atoms with Gasteiger partial charge in [0.25, 0.3) is 5.91 Å². The van der Waals surface area contributed by atoms with Crippen molar-refractivity contribution in [2.24, 2.45) is 0 Å². The monoisotopic (exact) mass is 339 g/mol. The molecule has 0 heterocycles. The van der Waals surface area contributed by atoms with Gasteiger partial charge in [-0.3, -0.25) is 4.79 Å². The van der Waals surface area contributed by atoms with Gasteiger partial charge in [0.1, 0.15) is 17.2 Å². The summed E-state index contributed by atoms with van der Waals surface area (Å²) >= 11 is 0. The molecule has 2 N–H and O–H groups in total. The minimum atomic E-state index is -1.26. The van der Waals surface area contributed by atoms with Crippen LogP contribution in [0.3, 0.4) is 0 Å². The maximum absolute atomic E-state index is 12.9. The molecule has 1 amide bonds. The Morgan fingerprint density at radius 2 is 1.92 bits per heavy atom. The van der Waals surface area contributed by atoms with E-state index in [1.54, 1.807) is 0 Å². The third kappa shape index (κ3) is 4.44. The molecule has 0 aromatic heterocycles. The lowest BCUT2D eigenvalue weighted by Crippen LogP contribution is -2.50. The van der Waals surface area contributed by atoms with Crippen LogP contribution in [0.1, 0.15) is 32.6 Å². The molecule has 24 heavy (non-hydrogen) atoms. The second-order valence-electron chi connectivity index (χ2n) is 5.74. The van der Waals surface area contributed by atoms with Crippen molar-refractivity contribution in [2.45, 2.75) is 44.3 Å². The minimum Gasteiger partial charge on any atom is -0.478 e. The van der Waals surface area contributed by atoms with Crippen molar-refractivity contribution in [3.63, 3.8) is 0 Å². The third-order valence-corrected chi connectivity index (χ3v) is 4.06. The zero-order chi connectivity index (χ0) is 17.6. The summed E-state index contributed by atoms with van der Waals surface area (Å²) in [6.07, 6.45) is 1.80. The molecule has 7 heteroatoms. The van der Waals surface area contributed by atoms with Crippen LogP contribution in [0, 0.1) is 5.82 Å². The lowest BCUT2D eigenvalue weighted by molar-refractivity contribution is -0.148. The Hall–Kier alpha value is -2.15. The van der Waals surface area contributed by atoms with Gasteiger partial charge >= 0.3 is 5.97 Å². The van der Waals surface area contributed by atoms with Gasteiger partial charge in [-0.1, -0.05) is 0 Å². The Morgan fingerprint density at radius 3 is 2.46 bits per heavy atom. The molecule has 1 aliphatic carbocycles. The average Bonchev–Trinajstić information content (AvgIpc) is 3.03. The number of aliphatic carboxylic acids is 1. The first-order valence-corrected chi connectivity index (χ1v) is 8.04. The van der Waals surface area contributed by atoms with Gasteiger partial charge in [0, 0.05) is 6.61 Å². The Balaban J connectivity index is 1.96. The van der Waals surface area contributed by atoms with E-state index in [0.717, 1.165) is 12.8 Å². The van der Waals surface area contributed by atoms with E-state index in [-0.39, 0.29) is 18.2 Å². The predicted molar refractivity (Wildman–Crippen MR) is 84.3 cm³/mol. The molecular formula is C17H22FNO5. The summed E-state index contributed by atoms with van der Waals surface area (Å²) in [4.78, 5) is 23.8. The number of ether oxygens (including phenoxy) is 2. The summed E-state index contributed by atoms with van der Waals surface area (Å²) in [5.41, 5.74) is -0.867. The van der Waals surface area contributed by atoms with Crippen molar-refractivity contribution in [3.8, 4) is 5.75 Å². The van der Waals surface area contributed by atoms with Crippen LogP contribution in [0.2, 0.25) is 0 Å². The molecule has 1 aromatic rings. The summed E-state index contributed by atoms with van der Waals surface area (Å²) in [7, 11) is 0. The van der Waals surface area contributed by atoms with E-state index in [1.165, 1.54) is 24.3 Å². The van der Waals surface area contributed by atoms with Gasteiger partial charge in [0.2, 0.25) is 6.10 Å². The lowest BCUT2D eigenvalue weighted by Gasteiger charge is -2.28. The first-order valence-electron chi connectivity index (χ1n) is 8.04. The summed E-state index contributed by atoms with van der Waals surface area (Å²) in [5, 5.41) is 11.9. The largest absolute Gasteiger partial charge is 0.478 e. The normalized spacial score (nSPS) is 17.2. The van der Waals surface area contributed by atoms with Crippen LogP contribution < -0.4 is 10.1 Å². The Kier molecular flexibility index (Phi) is 6.14. The number of benzene rings is 1. The topological polar surface area (TPSA) is 84.9 Å². The van der Waals surface area contributed by atoms with Gasteiger partial charge in [-0.25, -0.2) is 9.18 Å². The van der Waals surface area contributed by atoms with E-state index in [4.69, 9.17) is 9.47 Å². The lowest BCUT2D eigenvalue weighted by atomic mass is 10.0. The average molecular weight is 339 g/mol. The number of nitrogens with one attached hydrogen (secondary N) is 1. The Morgan fingerprint density at radius 1 is 1.29 bits per heavy atom. The third-order valence-electron chi connectivity index (χ3n) is 4.06. The van der Waals surface area contributed by atoms with E-state index in [9.17, 15) is 19.1 Å². The molecule has 1 atom stereocenters. The fraction of sp³-hybridized carbons (Fsp3) is 0.529. The molecule has 1 saturated carbocycles. The number of rotatable bonds is 8. The van der Waals surface area contributed by atoms with E-state index >= 15 is 0 Å². The standard InChI is InChI=1S/C17H22FNO5/c1-2-23-17(9-3-4-10-17)16(22)19-11-14(15(20)21)24-13-7-5-12(18)6-8-13/h5-8,14H,2-4,9-11H2,1H3,(H,19,22)(H,20,21). The van der Waals surface area contributed by atoms with Crippen molar-refractivity contribution in [1.29, 1.82) is 0 Å². The van der Waals surface area contributed by atoms with Gasteiger partial charge in [0.05, 0.1) is 6.54 Å². The molecule has 6 nitrogen and oxygen atoms in total. The summed E-state index contributed by atoms with van der Waals surface area (Å²) in [5.74, 6) is -1.74. The molecule has 1 aromatic carbocycles. The number of halogens is 1. The molecule has 1 fully saturated rings. The van der Waals surface area contributed by atoms with Gasteiger partial charge in [-0.2, -0.15) is 0 Å². The van der Waals surface area contributed by atoms with Crippen LogP contribution in [0.4, 0.5) is 4.39 Å². The van der Waals surface area contributed by atoms with Crippen molar-refractivity contribution in [2.75, 3.05) is 13.2 Å². The Bertz CT molecular complexity index is 569. The Labute approximate surface area is 139 Å². The number of carboxylic acid groups (broad SMARTS) is 1. The summed E-state index contributed by atoms with van der Waals surface area (Å²) < 4.78 is 23.8. The molecule has 1 aliphatic rings.